The van der Waals surface area contributed by atoms with Gasteiger partial charge in [-0.1, -0.05) is 37.6 Å². The van der Waals surface area contributed by atoms with Gasteiger partial charge in [-0.3, -0.25) is 9.59 Å². The molecule has 6 nitrogen and oxygen atoms in total. The van der Waals surface area contributed by atoms with Crippen molar-refractivity contribution >= 4 is 23.4 Å². The Morgan fingerprint density at radius 2 is 1.83 bits per heavy atom. The summed E-state index contributed by atoms with van der Waals surface area (Å²) >= 11 is 5.84. The number of halogens is 1. The Hall–Kier alpha value is -1.63. The highest BCUT2D eigenvalue weighted by molar-refractivity contribution is 6.30. The molecule has 0 heterocycles. The highest BCUT2D eigenvalue weighted by Crippen LogP contribution is 2.18. The standard InChI is InChI=1S/C16H24ClN3O3/c1-10(2)15(18)16(22)20-9-14(21)19-8-13(23-3)11-4-6-12(17)7-5-11/h4-7,10,13,15H,8-9,18H2,1-3H3,(H,19,21)(H,20,22)/t13?,15-/m0/s1. The summed E-state index contributed by atoms with van der Waals surface area (Å²) in [6.07, 6.45) is -0.287. The van der Waals surface area contributed by atoms with Gasteiger partial charge in [0.25, 0.3) is 0 Å². The third-order valence-electron chi connectivity index (χ3n) is 3.46. The third-order valence-corrected chi connectivity index (χ3v) is 3.71. The number of methoxy groups -OCH3 is 1. The highest BCUT2D eigenvalue weighted by Gasteiger charge is 2.18. The molecular weight excluding hydrogens is 318 g/mol. The Morgan fingerprint density at radius 3 is 2.35 bits per heavy atom. The predicted octanol–water partition coefficient (Wildman–Crippen LogP) is 1.24. The molecule has 2 atom stereocenters. The van der Waals surface area contributed by atoms with Crippen LogP contribution < -0.4 is 16.4 Å². The number of nitrogens with one attached hydrogen (secondary N) is 2. The van der Waals surface area contributed by atoms with Crippen LogP contribution in [0.2, 0.25) is 5.02 Å². The van der Waals surface area contributed by atoms with E-state index in [4.69, 9.17) is 22.1 Å². The summed E-state index contributed by atoms with van der Waals surface area (Å²) in [5.41, 5.74) is 6.61. The molecule has 7 heteroatoms. The maximum Gasteiger partial charge on any atom is 0.239 e. The molecule has 4 N–H and O–H groups in total. The number of carbonyl (C=O) groups is 2. The van der Waals surface area contributed by atoms with E-state index in [1.807, 2.05) is 26.0 Å². The lowest BCUT2D eigenvalue weighted by atomic mass is 10.1. The quantitative estimate of drug-likeness (QED) is 0.663. The van der Waals surface area contributed by atoms with Crippen LogP contribution in [0.1, 0.15) is 25.5 Å². The molecule has 1 aromatic carbocycles. The summed E-state index contributed by atoms with van der Waals surface area (Å²) in [6, 6.07) is 6.58. The lowest BCUT2D eigenvalue weighted by Gasteiger charge is -2.18. The predicted molar refractivity (Wildman–Crippen MR) is 90.0 cm³/mol. The first-order valence-corrected chi connectivity index (χ1v) is 7.81. The van der Waals surface area contributed by atoms with Crippen LogP contribution in [-0.4, -0.2) is 38.1 Å². The first-order chi connectivity index (χ1) is 10.8. The van der Waals surface area contributed by atoms with Crippen molar-refractivity contribution in [2.45, 2.75) is 26.0 Å². The number of nitrogens with two attached hydrogens (primary N) is 1. The van der Waals surface area contributed by atoms with Crippen LogP contribution >= 0.6 is 11.6 Å². The molecule has 23 heavy (non-hydrogen) atoms. The molecule has 0 aromatic heterocycles. The molecule has 0 aliphatic heterocycles. The molecule has 128 valence electrons. The van der Waals surface area contributed by atoms with E-state index >= 15 is 0 Å². The SMILES string of the molecule is COC(CNC(=O)CNC(=O)[C@@H](N)C(C)C)c1ccc(Cl)cc1. The number of amides is 2. The molecule has 2 amide bonds. The molecule has 1 rings (SSSR count). The summed E-state index contributed by atoms with van der Waals surface area (Å²) in [4.78, 5) is 23.5. The van der Waals surface area contributed by atoms with Gasteiger partial charge in [-0.25, -0.2) is 0 Å². The fourth-order valence-corrected chi connectivity index (χ4v) is 2.00. The minimum absolute atomic E-state index is 0.0147. The number of rotatable bonds is 8. The van der Waals surface area contributed by atoms with Gasteiger partial charge >= 0.3 is 0 Å². The Kier molecular flexibility index (Phi) is 8.02. The van der Waals surface area contributed by atoms with Gasteiger partial charge < -0.3 is 21.1 Å². The van der Waals surface area contributed by atoms with Gasteiger partial charge in [0.1, 0.15) is 0 Å². The molecule has 0 aliphatic carbocycles. The van der Waals surface area contributed by atoms with Gasteiger partial charge in [-0.15, -0.1) is 0 Å². The van der Waals surface area contributed by atoms with Crippen LogP contribution in [-0.2, 0) is 14.3 Å². The summed E-state index contributed by atoms with van der Waals surface area (Å²) in [7, 11) is 1.56. The lowest BCUT2D eigenvalue weighted by Crippen LogP contribution is -2.47. The van der Waals surface area contributed by atoms with Crippen LogP contribution in [0.15, 0.2) is 24.3 Å². The van der Waals surface area contributed by atoms with Gasteiger partial charge in [-0.2, -0.15) is 0 Å². The van der Waals surface area contributed by atoms with Gasteiger partial charge in [0, 0.05) is 18.7 Å². The molecular formula is C16H24ClN3O3. The molecule has 0 spiro atoms. The fraction of sp³-hybridized carbons (Fsp3) is 0.500. The van der Waals surface area contributed by atoms with Crippen LogP contribution in [0.3, 0.4) is 0 Å². The maximum atomic E-state index is 11.8. The summed E-state index contributed by atoms with van der Waals surface area (Å²) in [5, 5.41) is 5.87. The van der Waals surface area contributed by atoms with Crippen molar-refractivity contribution in [3.05, 3.63) is 34.9 Å². The summed E-state index contributed by atoms with van der Waals surface area (Å²) in [5.74, 6) is -0.623. The molecule has 0 fully saturated rings. The average Bonchev–Trinajstić information content (AvgIpc) is 2.53. The molecule has 0 bridgehead atoms. The van der Waals surface area contributed by atoms with Crippen molar-refractivity contribution in [1.29, 1.82) is 0 Å². The Bertz CT molecular complexity index is 520. The van der Waals surface area contributed by atoms with Gasteiger partial charge in [0.05, 0.1) is 18.7 Å². The van der Waals surface area contributed by atoms with Gasteiger partial charge in [0.2, 0.25) is 11.8 Å². The molecule has 0 aliphatic rings. The third kappa shape index (κ3) is 6.56. The number of carbonyl (C=O) groups excluding carboxylic acids is 2. The Balaban J connectivity index is 2.42. The van der Waals surface area contributed by atoms with Crippen molar-refractivity contribution in [2.75, 3.05) is 20.2 Å². The second kappa shape index (κ2) is 9.50. The van der Waals surface area contributed by atoms with Crippen molar-refractivity contribution in [3.63, 3.8) is 0 Å². The second-order valence-electron chi connectivity index (χ2n) is 5.57. The van der Waals surface area contributed by atoms with Crippen molar-refractivity contribution in [1.82, 2.24) is 10.6 Å². The van der Waals surface area contributed by atoms with Crippen LogP contribution in [0.25, 0.3) is 0 Å². The monoisotopic (exact) mass is 341 g/mol. The second-order valence-corrected chi connectivity index (χ2v) is 6.00. The van der Waals surface area contributed by atoms with Crippen LogP contribution in [0.5, 0.6) is 0 Å². The van der Waals surface area contributed by atoms with E-state index in [0.717, 1.165) is 5.56 Å². The van der Waals surface area contributed by atoms with Crippen molar-refractivity contribution < 1.29 is 14.3 Å². The van der Waals surface area contributed by atoms with E-state index in [9.17, 15) is 9.59 Å². The molecule has 0 saturated heterocycles. The minimum Gasteiger partial charge on any atom is -0.375 e. The van der Waals surface area contributed by atoms with E-state index in [1.165, 1.54) is 0 Å². The van der Waals surface area contributed by atoms with Crippen LogP contribution in [0, 0.1) is 5.92 Å². The van der Waals surface area contributed by atoms with Gasteiger partial charge in [0.15, 0.2) is 0 Å². The first-order valence-electron chi connectivity index (χ1n) is 7.43. The lowest BCUT2D eigenvalue weighted by molar-refractivity contribution is -0.127. The van der Waals surface area contributed by atoms with E-state index in [2.05, 4.69) is 10.6 Å². The minimum atomic E-state index is -0.622. The van der Waals surface area contributed by atoms with E-state index in [0.29, 0.717) is 11.6 Å². The van der Waals surface area contributed by atoms with E-state index < -0.39 is 6.04 Å². The van der Waals surface area contributed by atoms with Crippen molar-refractivity contribution in [3.8, 4) is 0 Å². The first kappa shape index (κ1) is 19.4. The normalized spacial score (nSPS) is 13.5. The topological polar surface area (TPSA) is 93.5 Å². The highest BCUT2D eigenvalue weighted by atomic mass is 35.5. The molecule has 0 radical (unpaired) electrons. The number of hydrogen-bond acceptors (Lipinski definition) is 4. The maximum absolute atomic E-state index is 11.8. The number of hydrogen-bond donors (Lipinski definition) is 3. The summed E-state index contributed by atoms with van der Waals surface area (Å²) in [6.45, 7) is 3.87. The summed E-state index contributed by atoms with van der Waals surface area (Å²) < 4.78 is 5.36. The average molecular weight is 342 g/mol. The molecule has 1 unspecified atom stereocenters. The zero-order chi connectivity index (χ0) is 17.4. The van der Waals surface area contributed by atoms with E-state index in [-0.39, 0.29) is 30.4 Å². The number of ether oxygens (including phenoxy) is 1. The number of benzene rings is 1. The zero-order valence-corrected chi connectivity index (χ0v) is 14.4. The fourth-order valence-electron chi connectivity index (χ4n) is 1.87. The zero-order valence-electron chi connectivity index (χ0n) is 13.6. The van der Waals surface area contributed by atoms with Crippen molar-refractivity contribution in [2.24, 2.45) is 11.7 Å². The molecule has 1 aromatic rings. The van der Waals surface area contributed by atoms with Crippen LogP contribution in [0.4, 0.5) is 0 Å². The Labute approximate surface area is 141 Å². The Morgan fingerprint density at radius 1 is 1.22 bits per heavy atom. The van der Waals surface area contributed by atoms with Gasteiger partial charge in [-0.05, 0) is 23.6 Å². The van der Waals surface area contributed by atoms with E-state index in [1.54, 1.807) is 19.2 Å². The smallest absolute Gasteiger partial charge is 0.239 e. The largest absolute Gasteiger partial charge is 0.375 e. The molecule has 0 saturated carbocycles.